The van der Waals surface area contributed by atoms with E-state index in [1.54, 1.807) is 32.9 Å². The Morgan fingerprint density at radius 3 is 2.46 bits per heavy atom. The Morgan fingerprint density at radius 1 is 1.29 bits per heavy atom. The maximum absolute atomic E-state index is 14.3. The molecule has 1 heterocycles. The van der Waals surface area contributed by atoms with Crippen LogP contribution in [0.15, 0.2) is 29.2 Å². The number of hydrogen-bond donors (Lipinski definition) is 0. The lowest BCUT2D eigenvalue weighted by molar-refractivity contribution is -0.00766. The molecule has 7 heteroatoms. The maximum atomic E-state index is 14.3. The Labute approximate surface area is 144 Å². The van der Waals surface area contributed by atoms with E-state index in [9.17, 15) is 13.4 Å². The van der Waals surface area contributed by atoms with Crippen LogP contribution in [-0.2, 0) is 20.0 Å². The van der Waals surface area contributed by atoms with Crippen LogP contribution in [0.1, 0.15) is 32.8 Å². The molecule has 0 radical (unpaired) electrons. The summed E-state index contributed by atoms with van der Waals surface area (Å²) in [6.45, 7) is 7.41. The second kappa shape index (κ2) is 7.61. The fourth-order valence-corrected chi connectivity index (χ4v) is 3.21. The van der Waals surface area contributed by atoms with Gasteiger partial charge >= 0.3 is 6.09 Å². The molecule has 134 valence electrons. The monoisotopic (exact) mass is 357 g/mol. The van der Waals surface area contributed by atoms with Gasteiger partial charge in [-0.2, -0.15) is 0 Å². The van der Waals surface area contributed by atoms with Gasteiger partial charge in [-0.25, -0.2) is 13.4 Å². The summed E-state index contributed by atoms with van der Waals surface area (Å²) in [5.41, 5.74) is 0.424. The summed E-state index contributed by atoms with van der Waals surface area (Å²) in [5, 5.41) is 0. The fourth-order valence-electron chi connectivity index (χ4n) is 2.30. The van der Waals surface area contributed by atoms with Crippen molar-refractivity contribution in [3.05, 3.63) is 29.8 Å². The number of carbonyl (C=O) groups excluding carboxylic acids is 1. The van der Waals surface area contributed by atoms with Crippen molar-refractivity contribution in [2.45, 2.75) is 56.9 Å². The van der Waals surface area contributed by atoms with Gasteiger partial charge in [0, 0.05) is 6.54 Å². The molecule has 1 aromatic carbocycles. The second-order valence-corrected chi connectivity index (χ2v) is 8.05. The molecule has 1 aliphatic rings. The van der Waals surface area contributed by atoms with Crippen LogP contribution in [0, 0.1) is 6.92 Å². The van der Waals surface area contributed by atoms with Crippen molar-refractivity contribution in [3.63, 3.8) is 0 Å². The minimum absolute atomic E-state index is 0.120. The molecule has 5 nitrogen and oxygen atoms in total. The van der Waals surface area contributed by atoms with Crippen molar-refractivity contribution in [3.8, 4) is 0 Å². The topological polar surface area (TPSA) is 55.8 Å². The molecule has 0 spiro atoms. The molecule has 1 aromatic rings. The van der Waals surface area contributed by atoms with Crippen molar-refractivity contribution in [2.24, 2.45) is 0 Å². The lowest BCUT2D eigenvalue weighted by atomic mass is 10.1. The van der Waals surface area contributed by atoms with E-state index in [-0.39, 0.29) is 13.0 Å². The Balaban J connectivity index is 1.90. The average Bonchev–Trinajstić information content (AvgIpc) is 2.48. The van der Waals surface area contributed by atoms with Gasteiger partial charge in [0.25, 0.3) is 0 Å². The molecular formula is C17H24FNO4S. The van der Waals surface area contributed by atoms with Crippen LogP contribution in [0.2, 0.25) is 0 Å². The summed E-state index contributed by atoms with van der Waals surface area (Å²) in [5.74, 6) is 0. The van der Waals surface area contributed by atoms with Gasteiger partial charge in [0.15, 0.2) is 11.1 Å². The Hall–Kier alpha value is -1.47. The summed E-state index contributed by atoms with van der Waals surface area (Å²) in [7, 11) is 0. The Morgan fingerprint density at radius 2 is 1.92 bits per heavy atom. The molecule has 1 saturated heterocycles. The number of carbonyl (C=O) groups is 1. The summed E-state index contributed by atoms with van der Waals surface area (Å²) in [4.78, 5) is 13.8. The van der Waals surface area contributed by atoms with Crippen molar-refractivity contribution in [1.29, 1.82) is 0 Å². The van der Waals surface area contributed by atoms with Crippen molar-refractivity contribution in [2.75, 3.05) is 13.1 Å². The van der Waals surface area contributed by atoms with E-state index in [1.165, 1.54) is 4.90 Å². The highest BCUT2D eigenvalue weighted by Crippen LogP contribution is 2.22. The first-order chi connectivity index (χ1) is 11.2. The van der Waals surface area contributed by atoms with Gasteiger partial charge in [-0.3, -0.25) is 4.18 Å². The Kier molecular flexibility index (Phi) is 5.98. The normalized spacial score (nSPS) is 23.0. The van der Waals surface area contributed by atoms with Crippen LogP contribution < -0.4 is 0 Å². The Bertz CT molecular complexity index is 600. The minimum atomic E-state index is -1.72. The van der Waals surface area contributed by atoms with E-state index in [2.05, 4.69) is 0 Å². The molecule has 0 aromatic heterocycles. The molecule has 1 amide bonds. The van der Waals surface area contributed by atoms with Gasteiger partial charge in [0.2, 0.25) is 0 Å². The molecule has 0 aliphatic carbocycles. The zero-order valence-corrected chi connectivity index (χ0v) is 15.3. The predicted molar refractivity (Wildman–Crippen MR) is 89.8 cm³/mol. The molecule has 0 bridgehead atoms. The number of nitrogens with zero attached hydrogens (tertiary/aromatic N) is 1. The van der Waals surface area contributed by atoms with Gasteiger partial charge in [-0.1, -0.05) is 17.7 Å². The van der Waals surface area contributed by atoms with Crippen molar-refractivity contribution >= 4 is 17.2 Å². The quantitative estimate of drug-likeness (QED) is 0.832. The lowest BCUT2D eigenvalue weighted by Gasteiger charge is -2.34. The SMILES string of the molecule is Cc1ccc(S(=O)O[C@H]2CCN(C(=O)OC(C)(C)C)C[C@H]2F)cc1. The molecule has 2 rings (SSSR count). The first-order valence-electron chi connectivity index (χ1n) is 7.93. The van der Waals surface area contributed by atoms with Crippen LogP contribution in [0.3, 0.4) is 0 Å². The summed E-state index contributed by atoms with van der Waals surface area (Å²) >= 11 is -1.72. The second-order valence-electron chi connectivity index (χ2n) is 6.91. The molecule has 3 atom stereocenters. The first-order valence-corrected chi connectivity index (χ1v) is 9.01. The first kappa shape index (κ1) is 18.9. The van der Waals surface area contributed by atoms with Crippen molar-refractivity contribution in [1.82, 2.24) is 4.90 Å². The number of amides is 1. The minimum Gasteiger partial charge on any atom is -0.444 e. The smallest absolute Gasteiger partial charge is 0.410 e. The number of hydrogen-bond acceptors (Lipinski definition) is 4. The van der Waals surface area contributed by atoms with Gasteiger partial charge in [0.05, 0.1) is 11.4 Å². The zero-order chi connectivity index (χ0) is 17.9. The highest BCUT2D eigenvalue weighted by Gasteiger charge is 2.35. The third-order valence-corrected chi connectivity index (χ3v) is 4.64. The highest BCUT2D eigenvalue weighted by atomic mass is 32.2. The molecule has 0 saturated carbocycles. The van der Waals surface area contributed by atoms with Gasteiger partial charge in [0.1, 0.15) is 17.9 Å². The number of likely N-dealkylation sites (tertiary alicyclic amines) is 1. The van der Waals surface area contributed by atoms with E-state index in [4.69, 9.17) is 8.92 Å². The zero-order valence-electron chi connectivity index (χ0n) is 14.5. The van der Waals surface area contributed by atoms with Gasteiger partial charge < -0.3 is 9.64 Å². The molecule has 1 unspecified atom stereocenters. The lowest BCUT2D eigenvalue weighted by Crippen LogP contribution is -2.49. The number of piperidine rings is 1. The third-order valence-electron chi connectivity index (χ3n) is 3.56. The number of alkyl halides is 1. The number of halogens is 1. The van der Waals surface area contributed by atoms with Crippen LogP contribution in [0.25, 0.3) is 0 Å². The predicted octanol–water partition coefficient (Wildman–Crippen LogP) is 3.38. The average molecular weight is 357 g/mol. The van der Waals surface area contributed by atoms with E-state index in [0.29, 0.717) is 11.4 Å². The van der Waals surface area contributed by atoms with Crippen LogP contribution >= 0.6 is 0 Å². The van der Waals surface area contributed by atoms with Gasteiger partial charge in [-0.05, 0) is 46.2 Å². The van der Waals surface area contributed by atoms with Crippen molar-refractivity contribution < 1.29 is 22.3 Å². The molecular weight excluding hydrogens is 333 g/mol. The molecule has 0 N–H and O–H groups in total. The van der Waals surface area contributed by atoms with E-state index >= 15 is 0 Å². The summed E-state index contributed by atoms with van der Waals surface area (Å²) in [6, 6.07) is 7.06. The van der Waals surface area contributed by atoms with Crippen LogP contribution in [0.4, 0.5) is 9.18 Å². The van der Waals surface area contributed by atoms with Crippen LogP contribution in [0.5, 0.6) is 0 Å². The third kappa shape index (κ3) is 5.27. The van der Waals surface area contributed by atoms with Crippen LogP contribution in [-0.4, -0.2) is 46.2 Å². The summed E-state index contributed by atoms with van der Waals surface area (Å²) in [6.07, 6.45) is -2.47. The number of ether oxygens (including phenoxy) is 1. The molecule has 1 aliphatic heterocycles. The molecule has 24 heavy (non-hydrogen) atoms. The highest BCUT2D eigenvalue weighted by molar-refractivity contribution is 7.80. The van der Waals surface area contributed by atoms with E-state index in [1.807, 2.05) is 19.1 Å². The number of aryl methyl sites for hydroxylation is 1. The maximum Gasteiger partial charge on any atom is 0.410 e. The van der Waals surface area contributed by atoms with E-state index in [0.717, 1.165) is 5.56 Å². The fraction of sp³-hybridized carbons (Fsp3) is 0.588. The molecule has 1 fully saturated rings. The summed E-state index contributed by atoms with van der Waals surface area (Å²) < 4.78 is 37.1. The van der Waals surface area contributed by atoms with Gasteiger partial charge in [-0.15, -0.1) is 0 Å². The number of rotatable bonds is 3. The standard InChI is InChI=1S/C17H24FNO4S/c1-12-5-7-13(8-6-12)24(21)23-15-9-10-19(11-14(15)18)16(20)22-17(2,3)4/h5-8,14-15H,9-11H2,1-4H3/t14-,15+,24?/m1/s1. The van der Waals surface area contributed by atoms with E-state index < -0.39 is 35.1 Å². The largest absolute Gasteiger partial charge is 0.444 e. The number of benzene rings is 1.